The average molecular weight is 203 g/mol. The van der Waals surface area contributed by atoms with Gasteiger partial charge in [-0.3, -0.25) is 0 Å². The Morgan fingerprint density at radius 3 is 2.14 bits per heavy atom. The molecule has 1 atom stereocenters. The van der Waals surface area contributed by atoms with Gasteiger partial charge in [0.15, 0.2) is 0 Å². The normalized spacial score (nSPS) is 12.9. The molecule has 78 valence electrons. The van der Waals surface area contributed by atoms with Crippen molar-refractivity contribution in [3.8, 4) is 0 Å². The molecule has 1 unspecified atom stereocenters. The summed E-state index contributed by atoms with van der Waals surface area (Å²) in [5.74, 6) is -2.65. The van der Waals surface area contributed by atoms with Gasteiger partial charge in [-0.15, -0.1) is 0 Å². The van der Waals surface area contributed by atoms with E-state index in [-0.39, 0.29) is 18.0 Å². The molecule has 0 amide bonds. The standard InChI is InChI=1S/C10H12F3N/c1-2-7(14)5-8-9(12)3-6(11)4-10(8)13/h3-4,7H,2,5,14H2,1H3. The van der Waals surface area contributed by atoms with Crippen molar-refractivity contribution in [2.75, 3.05) is 0 Å². The molecule has 1 rings (SSSR count). The monoisotopic (exact) mass is 203 g/mol. The van der Waals surface area contributed by atoms with E-state index < -0.39 is 17.5 Å². The third kappa shape index (κ3) is 2.48. The van der Waals surface area contributed by atoms with E-state index in [4.69, 9.17) is 5.73 Å². The van der Waals surface area contributed by atoms with Crippen LogP contribution in [0.5, 0.6) is 0 Å². The number of benzene rings is 1. The molecule has 0 saturated heterocycles. The summed E-state index contributed by atoms with van der Waals surface area (Å²) in [6, 6.07) is 1.03. The molecule has 1 aromatic carbocycles. The van der Waals surface area contributed by atoms with Crippen molar-refractivity contribution in [1.29, 1.82) is 0 Å². The maximum atomic E-state index is 13.1. The first-order chi connectivity index (χ1) is 6.54. The summed E-state index contributed by atoms with van der Waals surface area (Å²) in [7, 11) is 0. The van der Waals surface area contributed by atoms with Gasteiger partial charge in [0.25, 0.3) is 0 Å². The number of hydrogen-bond acceptors (Lipinski definition) is 1. The van der Waals surface area contributed by atoms with E-state index in [9.17, 15) is 13.2 Å². The molecule has 0 aliphatic carbocycles. The number of halogens is 3. The molecule has 0 saturated carbocycles. The Morgan fingerprint density at radius 1 is 1.21 bits per heavy atom. The third-order valence-corrected chi connectivity index (χ3v) is 2.10. The molecule has 1 aromatic rings. The van der Waals surface area contributed by atoms with Crippen LogP contribution in [0, 0.1) is 17.5 Å². The van der Waals surface area contributed by atoms with E-state index in [2.05, 4.69) is 0 Å². The van der Waals surface area contributed by atoms with Crippen LogP contribution in [0.25, 0.3) is 0 Å². The summed E-state index contributed by atoms with van der Waals surface area (Å²) in [5, 5.41) is 0. The van der Waals surface area contributed by atoms with Crippen molar-refractivity contribution in [3.05, 3.63) is 35.1 Å². The molecule has 0 aromatic heterocycles. The van der Waals surface area contributed by atoms with Crippen LogP contribution >= 0.6 is 0 Å². The van der Waals surface area contributed by atoms with Gasteiger partial charge < -0.3 is 5.73 Å². The Morgan fingerprint density at radius 2 is 1.71 bits per heavy atom. The van der Waals surface area contributed by atoms with E-state index in [0.717, 1.165) is 0 Å². The zero-order valence-electron chi connectivity index (χ0n) is 7.86. The summed E-state index contributed by atoms with van der Waals surface area (Å²) >= 11 is 0. The van der Waals surface area contributed by atoms with Crippen molar-refractivity contribution < 1.29 is 13.2 Å². The summed E-state index contributed by atoms with van der Waals surface area (Å²) in [5.41, 5.74) is 5.42. The highest BCUT2D eigenvalue weighted by Gasteiger charge is 2.13. The molecule has 1 nitrogen and oxygen atoms in total. The highest BCUT2D eigenvalue weighted by atomic mass is 19.1. The van der Waals surface area contributed by atoms with Crippen molar-refractivity contribution in [1.82, 2.24) is 0 Å². The Labute approximate surface area is 80.7 Å². The molecule has 14 heavy (non-hydrogen) atoms. The smallest absolute Gasteiger partial charge is 0.132 e. The molecule has 4 heteroatoms. The lowest BCUT2D eigenvalue weighted by Crippen LogP contribution is -2.22. The first-order valence-electron chi connectivity index (χ1n) is 4.43. The first kappa shape index (κ1) is 11.0. The van der Waals surface area contributed by atoms with E-state index in [1.54, 1.807) is 0 Å². The Kier molecular flexibility index (Phi) is 3.52. The van der Waals surface area contributed by atoms with Crippen LogP contribution in [-0.2, 0) is 6.42 Å². The maximum absolute atomic E-state index is 13.1. The third-order valence-electron chi connectivity index (χ3n) is 2.10. The van der Waals surface area contributed by atoms with Crippen LogP contribution in [0.3, 0.4) is 0 Å². The molecule has 0 fully saturated rings. The van der Waals surface area contributed by atoms with E-state index in [1.165, 1.54) is 0 Å². The fraction of sp³-hybridized carbons (Fsp3) is 0.400. The van der Waals surface area contributed by atoms with Gasteiger partial charge in [-0.1, -0.05) is 6.92 Å². The van der Waals surface area contributed by atoms with Gasteiger partial charge in [-0.25, -0.2) is 13.2 Å². The molecule has 2 N–H and O–H groups in total. The lowest BCUT2D eigenvalue weighted by molar-refractivity contribution is 0.508. The minimum atomic E-state index is -0.909. The predicted octanol–water partition coefficient (Wildman–Crippen LogP) is 2.38. The lowest BCUT2D eigenvalue weighted by atomic mass is 10.0. The second-order valence-corrected chi connectivity index (χ2v) is 3.22. The van der Waals surface area contributed by atoms with Crippen LogP contribution in [0.1, 0.15) is 18.9 Å². The van der Waals surface area contributed by atoms with Gasteiger partial charge in [-0.2, -0.15) is 0 Å². The Bertz CT molecular complexity index is 302. The van der Waals surface area contributed by atoms with Crippen LogP contribution in [0.15, 0.2) is 12.1 Å². The van der Waals surface area contributed by atoms with Crippen LogP contribution in [0.4, 0.5) is 13.2 Å². The Balaban J connectivity index is 2.96. The molecule has 0 bridgehead atoms. The predicted molar refractivity (Wildman–Crippen MR) is 48.3 cm³/mol. The summed E-state index contributed by atoms with van der Waals surface area (Å²) < 4.78 is 38.7. The summed E-state index contributed by atoms with van der Waals surface area (Å²) in [6.45, 7) is 1.82. The van der Waals surface area contributed by atoms with E-state index >= 15 is 0 Å². The summed E-state index contributed by atoms with van der Waals surface area (Å²) in [4.78, 5) is 0. The second kappa shape index (κ2) is 4.46. The summed E-state index contributed by atoms with van der Waals surface area (Å²) in [6.07, 6.45) is 0.713. The fourth-order valence-corrected chi connectivity index (χ4v) is 1.17. The van der Waals surface area contributed by atoms with Crippen molar-refractivity contribution in [3.63, 3.8) is 0 Å². The molecule has 0 aliphatic heterocycles. The lowest BCUT2D eigenvalue weighted by Gasteiger charge is -2.10. The van der Waals surface area contributed by atoms with Crippen LogP contribution in [0.2, 0.25) is 0 Å². The minimum absolute atomic E-state index is 0.0917. The molecule has 0 radical (unpaired) electrons. The molecule has 0 aliphatic rings. The van der Waals surface area contributed by atoms with E-state index in [0.29, 0.717) is 18.6 Å². The van der Waals surface area contributed by atoms with Crippen LogP contribution in [-0.4, -0.2) is 6.04 Å². The zero-order valence-corrected chi connectivity index (χ0v) is 7.86. The van der Waals surface area contributed by atoms with Crippen molar-refractivity contribution in [2.24, 2.45) is 5.73 Å². The molecular formula is C10H12F3N. The van der Waals surface area contributed by atoms with Gasteiger partial charge >= 0.3 is 0 Å². The number of rotatable bonds is 3. The maximum Gasteiger partial charge on any atom is 0.132 e. The quantitative estimate of drug-likeness (QED) is 0.801. The molecular weight excluding hydrogens is 191 g/mol. The van der Waals surface area contributed by atoms with Crippen molar-refractivity contribution in [2.45, 2.75) is 25.8 Å². The fourth-order valence-electron chi connectivity index (χ4n) is 1.17. The minimum Gasteiger partial charge on any atom is -0.327 e. The number of nitrogens with two attached hydrogens (primary N) is 1. The molecule has 0 spiro atoms. The number of hydrogen-bond donors (Lipinski definition) is 1. The largest absolute Gasteiger partial charge is 0.327 e. The van der Waals surface area contributed by atoms with Gasteiger partial charge in [0, 0.05) is 23.7 Å². The highest BCUT2D eigenvalue weighted by Crippen LogP contribution is 2.16. The van der Waals surface area contributed by atoms with Gasteiger partial charge in [0.2, 0.25) is 0 Å². The Hall–Kier alpha value is -1.03. The van der Waals surface area contributed by atoms with Gasteiger partial charge in [-0.05, 0) is 12.8 Å². The highest BCUT2D eigenvalue weighted by molar-refractivity contribution is 5.21. The topological polar surface area (TPSA) is 26.0 Å². The second-order valence-electron chi connectivity index (χ2n) is 3.22. The first-order valence-corrected chi connectivity index (χ1v) is 4.43. The average Bonchev–Trinajstić information content (AvgIpc) is 2.10. The molecule has 0 heterocycles. The van der Waals surface area contributed by atoms with Gasteiger partial charge in [0.05, 0.1) is 0 Å². The van der Waals surface area contributed by atoms with Gasteiger partial charge in [0.1, 0.15) is 17.5 Å². The zero-order chi connectivity index (χ0) is 10.7. The SMILES string of the molecule is CCC(N)Cc1c(F)cc(F)cc1F. The van der Waals surface area contributed by atoms with Crippen molar-refractivity contribution >= 4 is 0 Å². The van der Waals surface area contributed by atoms with Crippen LogP contribution < -0.4 is 5.73 Å². The van der Waals surface area contributed by atoms with E-state index in [1.807, 2.05) is 6.92 Å².